The Balaban J connectivity index is 2.28. The third kappa shape index (κ3) is 3.12. The van der Waals surface area contributed by atoms with Crippen molar-refractivity contribution in [2.24, 2.45) is 0 Å². The van der Waals surface area contributed by atoms with Gasteiger partial charge in [0, 0.05) is 17.6 Å². The number of ether oxygens (including phenoxy) is 2. The van der Waals surface area contributed by atoms with Gasteiger partial charge in [-0.25, -0.2) is 9.18 Å². The van der Waals surface area contributed by atoms with E-state index >= 15 is 0 Å². The molecule has 0 aromatic heterocycles. The van der Waals surface area contributed by atoms with Crippen molar-refractivity contribution in [3.63, 3.8) is 0 Å². The van der Waals surface area contributed by atoms with Crippen molar-refractivity contribution in [2.45, 2.75) is 19.8 Å². The van der Waals surface area contributed by atoms with Crippen LogP contribution in [-0.2, 0) is 9.53 Å². The highest BCUT2D eigenvalue weighted by atomic mass is 19.1. The molecule has 5 heteroatoms. The van der Waals surface area contributed by atoms with Gasteiger partial charge in [0.1, 0.15) is 11.6 Å². The molecule has 3 rings (SSSR count). The first-order valence-electron chi connectivity index (χ1n) is 8.26. The van der Waals surface area contributed by atoms with E-state index in [0.29, 0.717) is 46.4 Å². The summed E-state index contributed by atoms with van der Waals surface area (Å²) in [7, 11) is 2.80. The van der Waals surface area contributed by atoms with E-state index in [0.717, 1.165) is 5.57 Å². The summed E-state index contributed by atoms with van der Waals surface area (Å²) in [5, 5.41) is 0. The number of esters is 1. The number of benzene rings is 2. The summed E-state index contributed by atoms with van der Waals surface area (Å²) in [5.74, 6) is -0.434. The summed E-state index contributed by atoms with van der Waals surface area (Å²) in [5.41, 5.74) is 3.19. The quantitative estimate of drug-likeness (QED) is 0.763. The molecule has 4 nitrogen and oxygen atoms in total. The molecule has 2 aromatic rings. The second-order valence-electron chi connectivity index (χ2n) is 6.18. The second-order valence-corrected chi connectivity index (χ2v) is 6.18. The number of rotatable bonds is 4. The van der Waals surface area contributed by atoms with Gasteiger partial charge >= 0.3 is 5.97 Å². The molecule has 0 saturated heterocycles. The number of hydrogen-bond acceptors (Lipinski definition) is 4. The minimum absolute atomic E-state index is 0.00549. The summed E-state index contributed by atoms with van der Waals surface area (Å²) < 4.78 is 24.5. The lowest BCUT2D eigenvalue weighted by Crippen LogP contribution is -2.05. The number of Topliss-reactive ketones (excluding diaryl/α,β-unsaturated/α-hetero) is 1. The maximum absolute atomic E-state index is 14.5. The molecular formula is C21H19FO4. The first kappa shape index (κ1) is 17.9. The van der Waals surface area contributed by atoms with Crippen LogP contribution >= 0.6 is 0 Å². The van der Waals surface area contributed by atoms with Gasteiger partial charge in [-0.1, -0.05) is 11.6 Å². The summed E-state index contributed by atoms with van der Waals surface area (Å²) in [6, 6.07) is 9.25. The van der Waals surface area contributed by atoms with Gasteiger partial charge in [0.2, 0.25) is 0 Å². The molecule has 1 aliphatic rings. The van der Waals surface area contributed by atoms with Crippen LogP contribution in [0.25, 0.3) is 16.7 Å². The summed E-state index contributed by atoms with van der Waals surface area (Å²) in [4.78, 5) is 24.4. The number of allylic oxidation sites excluding steroid dienone is 2. The lowest BCUT2D eigenvalue weighted by molar-refractivity contribution is -0.113. The Bertz CT molecular complexity index is 928. The molecule has 0 aliphatic heterocycles. The van der Waals surface area contributed by atoms with Gasteiger partial charge in [0.15, 0.2) is 5.78 Å². The maximum atomic E-state index is 14.5. The zero-order valence-corrected chi connectivity index (χ0v) is 14.9. The normalized spacial score (nSPS) is 13.9. The van der Waals surface area contributed by atoms with Crippen molar-refractivity contribution in [1.82, 2.24) is 0 Å². The Hall–Kier alpha value is -2.95. The predicted octanol–water partition coefficient (Wildman–Crippen LogP) is 4.42. The SMILES string of the molecule is COC(=O)c1ccc(-c2cc(OC)ccc2F)c(C2=C(C)CCC2=O)c1. The first-order chi connectivity index (χ1) is 12.5. The van der Waals surface area contributed by atoms with Gasteiger partial charge < -0.3 is 9.47 Å². The smallest absolute Gasteiger partial charge is 0.337 e. The lowest BCUT2D eigenvalue weighted by Gasteiger charge is -2.14. The second kappa shape index (κ2) is 7.12. The van der Waals surface area contributed by atoms with Crippen LogP contribution in [0.5, 0.6) is 5.75 Å². The summed E-state index contributed by atoms with van der Waals surface area (Å²) in [6.45, 7) is 1.89. The number of hydrogen-bond donors (Lipinski definition) is 0. The predicted molar refractivity (Wildman–Crippen MR) is 96.6 cm³/mol. The molecule has 0 heterocycles. The first-order valence-corrected chi connectivity index (χ1v) is 8.26. The fourth-order valence-electron chi connectivity index (χ4n) is 3.24. The third-order valence-corrected chi connectivity index (χ3v) is 4.61. The molecule has 0 unspecified atom stereocenters. The van der Waals surface area contributed by atoms with E-state index in [-0.39, 0.29) is 5.78 Å². The fraction of sp³-hybridized carbons (Fsp3) is 0.238. The van der Waals surface area contributed by atoms with Crippen molar-refractivity contribution in [3.8, 4) is 16.9 Å². The molecule has 26 heavy (non-hydrogen) atoms. The third-order valence-electron chi connectivity index (χ3n) is 4.61. The molecule has 0 saturated carbocycles. The molecule has 0 amide bonds. The Labute approximate surface area is 151 Å². The van der Waals surface area contributed by atoms with Gasteiger partial charge in [-0.3, -0.25) is 4.79 Å². The molecule has 0 N–H and O–H groups in total. The average Bonchev–Trinajstić information content (AvgIpc) is 2.99. The average molecular weight is 354 g/mol. The van der Waals surface area contributed by atoms with Crippen LogP contribution in [-0.4, -0.2) is 26.0 Å². The Kier molecular flexibility index (Phi) is 4.89. The molecule has 134 valence electrons. The number of methoxy groups -OCH3 is 2. The summed E-state index contributed by atoms with van der Waals surface area (Å²) in [6.07, 6.45) is 1.08. The monoisotopic (exact) mass is 354 g/mol. The number of carbonyl (C=O) groups is 2. The van der Waals surface area contributed by atoms with Crippen LogP contribution in [0.3, 0.4) is 0 Å². The standard InChI is InChI=1S/C21H19FO4/c1-12-4-9-19(23)20(12)17-10-13(21(24)26-3)5-7-15(17)16-11-14(25-2)6-8-18(16)22/h5-8,10-11H,4,9H2,1-3H3. The van der Waals surface area contributed by atoms with Gasteiger partial charge in [-0.15, -0.1) is 0 Å². The molecule has 0 spiro atoms. The van der Waals surface area contributed by atoms with E-state index in [1.54, 1.807) is 24.3 Å². The van der Waals surface area contributed by atoms with Crippen molar-refractivity contribution >= 4 is 17.3 Å². The molecule has 0 fully saturated rings. The van der Waals surface area contributed by atoms with Gasteiger partial charge in [0.05, 0.1) is 19.8 Å². The molecule has 2 aromatic carbocycles. The van der Waals surface area contributed by atoms with Gasteiger partial charge in [0.25, 0.3) is 0 Å². The number of ketones is 1. The van der Waals surface area contributed by atoms with Crippen molar-refractivity contribution in [2.75, 3.05) is 14.2 Å². The van der Waals surface area contributed by atoms with E-state index in [1.807, 2.05) is 6.92 Å². The van der Waals surface area contributed by atoms with Crippen LogP contribution < -0.4 is 4.74 Å². The van der Waals surface area contributed by atoms with Crippen LogP contribution in [0.1, 0.15) is 35.7 Å². The van der Waals surface area contributed by atoms with Crippen LogP contribution in [0, 0.1) is 5.82 Å². The van der Waals surface area contributed by atoms with E-state index in [9.17, 15) is 14.0 Å². The minimum Gasteiger partial charge on any atom is -0.497 e. The number of carbonyl (C=O) groups excluding carboxylic acids is 2. The molecule has 0 atom stereocenters. The fourth-order valence-corrected chi connectivity index (χ4v) is 3.24. The highest BCUT2D eigenvalue weighted by Crippen LogP contribution is 2.39. The zero-order chi connectivity index (χ0) is 18.8. The lowest BCUT2D eigenvalue weighted by atomic mass is 9.90. The Morgan fingerprint density at radius 2 is 1.77 bits per heavy atom. The topological polar surface area (TPSA) is 52.6 Å². The van der Waals surface area contributed by atoms with E-state index in [4.69, 9.17) is 9.47 Å². The van der Waals surface area contributed by atoms with Crippen LogP contribution in [0.2, 0.25) is 0 Å². The molecule has 0 bridgehead atoms. The largest absolute Gasteiger partial charge is 0.497 e. The Morgan fingerprint density at radius 1 is 1.00 bits per heavy atom. The zero-order valence-electron chi connectivity index (χ0n) is 14.9. The van der Waals surface area contributed by atoms with Gasteiger partial charge in [-0.05, 0) is 54.8 Å². The molecule has 1 aliphatic carbocycles. The maximum Gasteiger partial charge on any atom is 0.337 e. The van der Waals surface area contributed by atoms with E-state index in [1.165, 1.54) is 26.4 Å². The summed E-state index contributed by atoms with van der Waals surface area (Å²) >= 11 is 0. The number of halogens is 1. The van der Waals surface area contributed by atoms with Crippen LogP contribution in [0.4, 0.5) is 4.39 Å². The highest BCUT2D eigenvalue weighted by Gasteiger charge is 2.26. The Morgan fingerprint density at radius 3 is 2.38 bits per heavy atom. The van der Waals surface area contributed by atoms with E-state index < -0.39 is 11.8 Å². The highest BCUT2D eigenvalue weighted by molar-refractivity contribution is 6.25. The van der Waals surface area contributed by atoms with Crippen molar-refractivity contribution in [3.05, 3.63) is 58.9 Å². The molecular weight excluding hydrogens is 335 g/mol. The van der Waals surface area contributed by atoms with Crippen molar-refractivity contribution < 1.29 is 23.5 Å². The van der Waals surface area contributed by atoms with Crippen LogP contribution in [0.15, 0.2) is 42.0 Å². The van der Waals surface area contributed by atoms with Crippen molar-refractivity contribution in [1.29, 1.82) is 0 Å². The minimum atomic E-state index is -0.507. The molecule has 0 radical (unpaired) electrons. The van der Waals surface area contributed by atoms with E-state index in [2.05, 4.69) is 0 Å². The van der Waals surface area contributed by atoms with Gasteiger partial charge in [-0.2, -0.15) is 0 Å².